The number of halogens is 1. The summed E-state index contributed by atoms with van der Waals surface area (Å²) in [6.07, 6.45) is 6.85. The van der Waals surface area contributed by atoms with Crippen LogP contribution in [0.25, 0.3) is 0 Å². The largest absolute Gasteiger partial charge is 0.444 e. The van der Waals surface area contributed by atoms with Crippen molar-refractivity contribution in [3.63, 3.8) is 0 Å². The fraction of sp³-hybridized carbons (Fsp3) is 0.533. The van der Waals surface area contributed by atoms with Crippen molar-refractivity contribution in [1.82, 2.24) is 0 Å². The number of carbonyl (C=O) groups is 1. The molecule has 1 aliphatic carbocycles. The third-order valence-corrected chi connectivity index (χ3v) is 4.27. The van der Waals surface area contributed by atoms with Gasteiger partial charge in [-0.2, -0.15) is 0 Å². The van der Waals surface area contributed by atoms with Gasteiger partial charge >= 0.3 is 6.09 Å². The van der Waals surface area contributed by atoms with Gasteiger partial charge in [0.2, 0.25) is 0 Å². The quantitative estimate of drug-likeness (QED) is 0.708. The van der Waals surface area contributed by atoms with Gasteiger partial charge in [-0.3, -0.25) is 4.90 Å². The fourth-order valence-corrected chi connectivity index (χ4v) is 3.27. The molecule has 0 bridgehead atoms. The average molecular weight is 280 g/mol. The van der Waals surface area contributed by atoms with E-state index in [0.29, 0.717) is 11.6 Å². The molecule has 1 aliphatic heterocycles. The number of fused-ring (bicyclic) bond motifs is 1. The Hall–Kier alpha value is -1.22. The van der Waals surface area contributed by atoms with Gasteiger partial charge in [-0.15, -0.1) is 0 Å². The van der Waals surface area contributed by atoms with Crippen LogP contribution in [0, 0.1) is 0 Å². The van der Waals surface area contributed by atoms with E-state index in [0.717, 1.165) is 24.1 Å². The van der Waals surface area contributed by atoms with E-state index in [2.05, 4.69) is 0 Å². The lowest BCUT2D eigenvalue weighted by molar-refractivity contribution is 0.138. The zero-order valence-corrected chi connectivity index (χ0v) is 11.7. The van der Waals surface area contributed by atoms with Crippen LogP contribution in [0.3, 0.4) is 0 Å². The molecular formula is C15H18ClNO2. The maximum Gasteiger partial charge on any atom is 0.414 e. The van der Waals surface area contributed by atoms with Gasteiger partial charge in [0.1, 0.15) is 6.61 Å². The standard InChI is InChI=1S/C15H18ClNO2/c16-12-7-8-14-11(9-12)10-19-15(18)17(14)13-5-3-1-2-4-6-13/h7-9,13H,1-6,10H2. The van der Waals surface area contributed by atoms with E-state index in [4.69, 9.17) is 16.3 Å². The van der Waals surface area contributed by atoms with Crippen LogP contribution in [-0.2, 0) is 11.3 Å². The minimum atomic E-state index is -0.207. The Morgan fingerprint density at radius 3 is 2.63 bits per heavy atom. The van der Waals surface area contributed by atoms with Crippen molar-refractivity contribution in [1.29, 1.82) is 0 Å². The number of benzene rings is 1. The van der Waals surface area contributed by atoms with Crippen LogP contribution < -0.4 is 4.90 Å². The molecule has 0 atom stereocenters. The lowest BCUT2D eigenvalue weighted by atomic mass is 10.0. The van der Waals surface area contributed by atoms with Crippen LogP contribution in [0.1, 0.15) is 44.1 Å². The van der Waals surface area contributed by atoms with Crippen molar-refractivity contribution in [2.75, 3.05) is 4.90 Å². The van der Waals surface area contributed by atoms with Crippen LogP contribution in [0.15, 0.2) is 18.2 Å². The Bertz CT molecular complexity index is 481. The number of nitrogens with zero attached hydrogens (tertiary/aromatic N) is 1. The maximum absolute atomic E-state index is 12.1. The number of carbonyl (C=O) groups excluding carboxylic acids is 1. The van der Waals surface area contributed by atoms with Crippen molar-refractivity contribution >= 4 is 23.4 Å². The second-order valence-electron chi connectivity index (χ2n) is 5.34. The topological polar surface area (TPSA) is 29.5 Å². The minimum absolute atomic E-state index is 0.207. The van der Waals surface area contributed by atoms with Gasteiger partial charge in [0.15, 0.2) is 0 Å². The highest BCUT2D eigenvalue weighted by Crippen LogP contribution is 2.34. The molecule has 19 heavy (non-hydrogen) atoms. The van der Waals surface area contributed by atoms with Gasteiger partial charge in [0.25, 0.3) is 0 Å². The van der Waals surface area contributed by atoms with Crippen molar-refractivity contribution in [2.45, 2.75) is 51.2 Å². The highest BCUT2D eigenvalue weighted by Gasteiger charge is 2.32. The molecule has 0 radical (unpaired) electrons. The molecule has 0 aromatic heterocycles. The summed E-state index contributed by atoms with van der Waals surface area (Å²) in [4.78, 5) is 14.0. The number of rotatable bonds is 1. The molecule has 1 aromatic rings. The lowest BCUT2D eigenvalue weighted by Gasteiger charge is -2.35. The predicted octanol–water partition coefficient (Wildman–Crippen LogP) is 4.52. The highest BCUT2D eigenvalue weighted by molar-refractivity contribution is 6.30. The SMILES string of the molecule is O=C1OCc2cc(Cl)ccc2N1C1CCCCCC1. The van der Waals surface area contributed by atoms with E-state index < -0.39 is 0 Å². The van der Waals surface area contributed by atoms with Crippen molar-refractivity contribution in [3.05, 3.63) is 28.8 Å². The maximum atomic E-state index is 12.1. The number of anilines is 1. The van der Waals surface area contributed by atoms with Crippen LogP contribution in [-0.4, -0.2) is 12.1 Å². The van der Waals surface area contributed by atoms with E-state index >= 15 is 0 Å². The zero-order chi connectivity index (χ0) is 13.2. The molecule has 1 fully saturated rings. The fourth-order valence-electron chi connectivity index (χ4n) is 3.07. The molecule has 3 nitrogen and oxygen atoms in total. The number of ether oxygens (including phenoxy) is 1. The summed E-state index contributed by atoms with van der Waals surface area (Å²) in [5.74, 6) is 0. The first kappa shape index (κ1) is 12.8. The van der Waals surface area contributed by atoms with E-state index in [-0.39, 0.29) is 12.1 Å². The molecule has 0 spiro atoms. The Labute approximate surface area is 118 Å². The van der Waals surface area contributed by atoms with E-state index in [1.54, 1.807) is 0 Å². The van der Waals surface area contributed by atoms with Gasteiger partial charge in [-0.25, -0.2) is 4.79 Å². The van der Waals surface area contributed by atoms with E-state index in [1.807, 2.05) is 23.1 Å². The van der Waals surface area contributed by atoms with Crippen LogP contribution in [0.2, 0.25) is 5.02 Å². The minimum Gasteiger partial charge on any atom is -0.444 e. The smallest absolute Gasteiger partial charge is 0.414 e. The van der Waals surface area contributed by atoms with Gasteiger partial charge in [-0.05, 0) is 31.0 Å². The average Bonchev–Trinajstić information content (AvgIpc) is 2.68. The summed E-state index contributed by atoms with van der Waals surface area (Å²) in [6, 6.07) is 5.97. The number of hydrogen-bond donors (Lipinski definition) is 0. The summed E-state index contributed by atoms with van der Waals surface area (Å²) in [5.41, 5.74) is 1.99. The molecule has 4 heteroatoms. The molecule has 1 aromatic carbocycles. The zero-order valence-electron chi connectivity index (χ0n) is 10.9. The molecule has 1 heterocycles. The Balaban J connectivity index is 1.93. The van der Waals surface area contributed by atoms with Gasteiger partial charge in [-0.1, -0.05) is 37.3 Å². The highest BCUT2D eigenvalue weighted by atomic mass is 35.5. The summed E-state index contributed by atoms with van der Waals surface area (Å²) in [5, 5.41) is 0.692. The van der Waals surface area contributed by atoms with Crippen LogP contribution in [0.4, 0.5) is 10.5 Å². The van der Waals surface area contributed by atoms with Crippen molar-refractivity contribution < 1.29 is 9.53 Å². The molecule has 2 aliphatic rings. The number of amides is 1. The third-order valence-electron chi connectivity index (χ3n) is 4.04. The normalized spacial score (nSPS) is 20.7. The first-order valence-corrected chi connectivity index (χ1v) is 7.38. The van der Waals surface area contributed by atoms with E-state index in [1.165, 1.54) is 25.7 Å². The van der Waals surface area contributed by atoms with E-state index in [9.17, 15) is 4.79 Å². The van der Waals surface area contributed by atoms with Crippen LogP contribution in [0.5, 0.6) is 0 Å². The monoisotopic (exact) mass is 279 g/mol. The van der Waals surface area contributed by atoms with Crippen molar-refractivity contribution in [3.8, 4) is 0 Å². The van der Waals surface area contributed by atoms with Crippen LogP contribution >= 0.6 is 11.6 Å². The molecule has 0 N–H and O–H groups in total. The molecule has 1 saturated carbocycles. The second-order valence-corrected chi connectivity index (χ2v) is 5.78. The molecule has 3 rings (SSSR count). The van der Waals surface area contributed by atoms with Gasteiger partial charge < -0.3 is 4.74 Å². The third kappa shape index (κ3) is 2.57. The van der Waals surface area contributed by atoms with Gasteiger partial charge in [0.05, 0.1) is 5.69 Å². The predicted molar refractivity (Wildman–Crippen MR) is 75.6 cm³/mol. The molecular weight excluding hydrogens is 262 g/mol. The molecule has 1 amide bonds. The van der Waals surface area contributed by atoms with Gasteiger partial charge in [0, 0.05) is 16.6 Å². The summed E-state index contributed by atoms with van der Waals surface area (Å²) in [7, 11) is 0. The first-order chi connectivity index (χ1) is 9.25. The second kappa shape index (κ2) is 5.41. The summed E-state index contributed by atoms with van der Waals surface area (Å²) in [6.45, 7) is 0.331. The Morgan fingerprint density at radius 2 is 1.89 bits per heavy atom. The Kier molecular flexibility index (Phi) is 3.65. The first-order valence-electron chi connectivity index (χ1n) is 7.00. The summed E-state index contributed by atoms with van der Waals surface area (Å²) >= 11 is 6.01. The van der Waals surface area contributed by atoms with Crippen molar-refractivity contribution in [2.24, 2.45) is 0 Å². The lowest BCUT2D eigenvalue weighted by Crippen LogP contribution is -2.43. The molecule has 0 saturated heterocycles. The summed E-state index contributed by atoms with van der Waals surface area (Å²) < 4.78 is 5.29. The number of hydrogen-bond acceptors (Lipinski definition) is 2. The Morgan fingerprint density at radius 1 is 1.16 bits per heavy atom. The molecule has 0 unspecified atom stereocenters. The number of cyclic esters (lactones) is 1. The molecule has 102 valence electrons.